The number of benzene rings is 1. The molecule has 0 atom stereocenters. The van der Waals surface area contributed by atoms with Crippen molar-refractivity contribution >= 4 is 6.09 Å². The lowest BCUT2D eigenvalue weighted by atomic mass is 10.2. The number of hydrogen-bond donors (Lipinski definition) is 0. The zero-order chi connectivity index (χ0) is 13.9. The average Bonchev–Trinajstić information content (AvgIpc) is 2.46. The standard InChI is InChI=1S/C16H21NO2/c1-3-5-12-17(13-6-4-2)16(18)19-14-15-10-8-7-9-11-15/h3-11H,12-14H2,1-2H3/b5-3+,6-4+. The highest BCUT2D eigenvalue weighted by Crippen LogP contribution is 2.03. The number of carbonyl (C=O) groups excluding carboxylic acids is 1. The molecule has 0 saturated carbocycles. The first-order chi connectivity index (χ1) is 9.27. The summed E-state index contributed by atoms with van der Waals surface area (Å²) >= 11 is 0. The van der Waals surface area contributed by atoms with E-state index in [-0.39, 0.29) is 6.09 Å². The third-order valence-electron chi connectivity index (χ3n) is 2.59. The van der Waals surface area contributed by atoms with Crippen LogP contribution in [0.5, 0.6) is 0 Å². The van der Waals surface area contributed by atoms with E-state index in [0.29, 0.717) is 19.7 Å². The van der Waals surface area contributed by atoms with Crippen LogP contribution in [0.4, 0.5) is 4.79 Å². The number of amides is 1. The van der Waals surface area contributed by atoms with Crippen molar-refractivity contribution in [2.45, 2.75) is 20.5 Å². The normalized spacial score (nSPS) is 11.1. The van der Waals surface area contributed by atoms with E-state index < -0.39 is 0 Å². The van der Waals surface area contributed by atoms with E-state index in [1.165, 1.54) is 0 Å². The summed E-state index contributed by atoms with van der Waals surface area (Å²) in [5.41, 5.74) is 0.993. The fourth-order valence-electron chi connectivity index (χ4n) is 1.50. The minimum Gasteiger partial charge on any atom is -0.445 e. The van der Waals surface area contributed by atoms with Crippen LogP contribution in [0, 0.1) is 0 Å². The molecular weight excluding hydrogens is 238 g/mol. The van der Waals surface area contributed by atoms with Crippen molar-refractivity contribution in [1.29, 1.82) is 0 Å². The average molecular weight is 259 g/mol. The van der Waals surface area contributed by atoms with Crippen LogP contribution in [0.15, 0.2) is 54.6 Å². The molecule has 0 N–H and O–H groups in total. The highest BCUT2D eigenvalue weighted by Gasteiger charge is 2.11. The van der Waals surface area contributed by atoms with Crippen LogP contribution >= 0.6 is 0 Å². The minimum absolute atomic E-state index is 0.292. The van der Waals surface area contributed by atoms with Crippen molar-refractivity contribution in [2.75, 3.05) is 13.1 Å². The van der Waals surface area contributed by atoms with Crippen LogP contribution in [0.3, 0.4) is 0 Å². The lowest BCUT2D eigenvalue weighted by Crippen LogP contribution is -2.31. The van der Waals surface area contributed by atoms with Crippen LogP contribution in [0.1, 0.15) is 19.4 Å². The van der Waals surface area contributed by atoms with Crippen molar-refractivity contribution in [3.05, 3.63) is 60.2 Å². The molecule has 0 unspecified atom stereocenters. The minimum atomic E-state index is -0.292. The molecule has 0 aromatic heterocycles. The van der Waals surface area contributed by atoms with E-state index in [1.807, 2.05) is 68.5 Å². The zero-order valence-electron chi connectivity index (χ0n) is 11.6. The van der Waals surface area contributed by atoms with Gasteiger partial charge >= 0.3 is 6.09 Å². The number of allylic oxidation sites excluding steroid dienone is 2. The van der Waals surface area contributed by atoms with E-state index in [0.717, 1.165) is 5.56 Å². The molecular formula is C16H21NO2. The molecule has 0 heterocycles. The van der Waals surface area contributed by atoms with Gasteiger partial charge in [0.15, 0.2) is 0 Å². The van der Waals surface area contributed by atoms with Gasteiger partial charge in [0, 0.05) is 13.1 Å². The van der Waals surface area contributed by atoms with Crippen LogP contribution in [-0.4, -0.2) is 24.1 Å². The number of ether oxygens (including phenoxy) is 1. The summed E-state index contributed by atoms with van der Waals surface area (Å²) in [6.45, 7) is 5.30. The smallest absolute Gasteiger partial charge is 0.410 e. The highest BCUT2D eigenvalue weighted by molar-refractivity contribution is 5.68. The summed E-state index contributed by atoms with van der Waals surface area (Å²) in [6, 6.07) is 9.68. The first-order valence-electron chi connectivity index (χ1n) is 6.46. The Morgan fingerprint density at radius 3 is 2.21 bits per heavy atom. The maximum atomic E-state index is 12.0. The van der Waals surface area contributed by atoms with Crippen molar-refractivity contribution in [2.24, 2.45) is 0 Å². The van der Waals surface area contributed by atoms with Crippen LogP contribution in [-0.2, 0) is 11.3 Å². The summed E-state index contributed by atoms with van der Waals surface area (Å²) in [6.07, 6.45) is 7.43. The molecule has 0 radical (unpaired) electrons. The summed E-state index contributed by atoms with van der Waals surface area (Å²) in [4.78, 5) is 13.6. The Kier molecular flexibility index (Phi) is 7.10. The van der Waals surface area contributed by atoms with E-state index in [9.17, 15) is 4.79 Å². The number of carbonyl (C=O) groups is 1. The van der Waals surface area contributed by atoms with Crippen molar-refractivity contribution in [3.63, 3.8) is 0 Å². The predicted octanol–water partition coefficient (Wildman–Crippen LogP) is 3.78. The van der Waals surface area contributed by atoms with Gasteiger partial charge in [0.1, 0.15) is 6.61 Å². The van der Waals surface area contributed by atoms with E-state index in [2.05, 4.69) is 0 Å². The summed E-state index contributed by atoms with van der Waals surface area (Å²) in [7, 11) is 0. The van der Waals surface area contributed by atoms with Crippen LogP contribution in [0.2, 0.25) is 0 Å². The lowest BCUT2D eigenvalue weighted by Gasteiger charge is -2.19. The maximum absolute atomic E-state index is 12.0. The molecule has 0 saturated heterocycles. The Morgan fingerprint density at radius 1 is 1.11 bits per heavy atom. The van der Waals surface area contributed by atoms with Crippen molar-refractivity contribution in [3.8, 4) is 0 Å². The van der Waals surface area contributed by atoms with Gasteiger partial charge in [-0.1, -0.05) is 54.6 Å². The van der Waals surface area contributed by atoms with Gasteiger partial charge in [0.05, 0.1) is 0 Å². The first-order valence-corrected chi connectivity index (χ1v) is 6.46. The van der Waals surface area contributed by atoms with Gasteiger partial charge in [0.25, 0.3) is 0 Å². The highest BCUT2D eigenvalue weighted by atomic mass is 16.6. The molecule has 0 fully saturated rings. The molecule has 0 aliphatic heterocycles. The Labute approximate surface area is 115 Å². The van der Waals surface area contributed by atoms with Crippen molar-refractivity contribution in [1.82, 2.24) is 4.90 Å². The lowest BCUT2D eigenvalue weighted by molar-refractivity contribution is 0.104. The van der Waals surface area contributed by atoms with Crippen LogP contribution < -0.4 is 0 Å². The molecule has 3 heteroatoms. The Hall–Kier alpha value is -2.03. The molecule has 1 rings (SSSR count). The Bertz CT molecular complexity index is 410. The molecule has 0 bridgehead atoms. The maximum Gasteiger partial charge on any atom is 0.410 e. The van der Waals surface area contributed by atoms with E-state index >= 15 is 0 Å². The van der Waals surface area contributed by atoms with Crippen LogP contribution in [0.25, 0.3) is 0 Å². The molecule has 1 amide bonds. The fraction of sp³-hybridized carbons (Fsp3) is 0.312. The first kappa shape index (κ1) is 15.0. The molecule has 1 aromatic rings. The number of rotatable bonds is 6. The molecule has 3 nitrogen and oxygen atoms in total. The molecule has 19 heavy (non-hydrogen) atoms. The quantitative estimate of drug-likeness (QED) is 0.728. The fourth-order valence-corrected chi connectivity index (χ4v) is 1.50. The SMILES string of the molecule is C/C=C/CN(C/C=C/C)C(=O)OCc1ccccc1. The van der Waals surface area contributed by atoms with Crippen molar-refractivity contribution < 1.29 is 9.53 Å². The monoisotopic (exact) mass is 259 g/mol. The summed E-state index contributed by atoms with van der Waals surface area (Å²) < 4.78 is 5.30. The molecule has 102 valence electrons. The van der Waals surface area contributed by atoms with Gasteiger partial charge in [-0.3, -0.25) is 0 Å². The topological polar surface area (TPSA) is 29.5 Å². The largest absolute Gasteiger partial charge is 0.445 e. The second kappa shape index (κ2) is 8.97. The third-order valence-corrected chi connectivity index (χ3v) is 2.59. The van der Waals surface area contributed by atoms with Gasteiger partial charge in [-0.2, -0.15) is 0 Å². The Balaban J connectivity index is 2.51. The molecule has 0 aliphatic rings. The van der Waals surface area contributed by atoms with Gasteiger partial charge in [0.2, 0.25) is 0 Å². The van der Waals surface area contributed by atoms with Gasteiger partial charge in [-0.15, -0.1) is 0 Å². The molecule has 0 spiro atoms. The second-order valence-corrected chi connectivity index (χ2v) is 4.08. The van der Waals surface area contributed by atoms with Gasteiger partial charge < -0.3 is 9.64 Å². The Morgan fingerprint density at radius 2 is 1.68 bits per heavy atom. The second-order valence-electron chi connectivity index (χ2n) is 4.08. The predicted molar refractivity (Wildman–Crippen MR) is 77.8 cm³/mol. The number of nitrogens with zero attached hydrogens (tertiary/aromatic N) is 1. The summed E-state index contributed by atoms with van der Waals surface area (Å²) in [5, 5.41) is 0. The zero-order valence-corrected chi connectivity index (χ0v) is 11.6. The molecule has 1 aromatic carbocycles. The van der Waals surface area contributed by atoms with E-state index in [1.54, 1.807) is 4.90 Å². The van der Waals surface area contributed by atoms with E-state index in [4.69, 9.17) is 4.74 Å². The molecule has 0 aliphatic carbocycles. The third kappa shape index (κ3) is 5.91. The van der Waals surface area contributed by atoms with Gasteiger partial charge in [-0.05, 0) is 19.4 Å². The number of hydrogen-bond acceptors (Lipinski definition) is 2. The summed E-state index contributed by atoms with van der Waals surface area (Å²) in [5.74, 6) is 0. The van der Waals surface area contributed by atoms with Gasteiger partial charge in [-0.25, -0.2) is 4.79 Å².